The SMILES string of the molecule is CCc1ccccc1-n1c(C)cc(/C=C2\C(=O)NC(=S)N(c3cccc(C)c3C)C2=O)c1C. The van der Waals surface area contributed by atoms with Crippen molar-refractivity contribution in [3.05, 3.63) is 87.7 Å². The zero-order valence-corrected chi connectivity index (χ0v) is 20.3. The van der Waals surface area contributed by atoms with Crippen molar-refractivity contribution in [2.24, 2.45) is 0 Å². The van der Waals surface area contributed by atoms with Crippen LogP contribution in [0.25, 0.3) is 11.8 Å². The summed E-state index contributed by atoms with van der Waals surface area (Å²) >= 11 is 5.37. The third kappa shape index (κ3) is 3.91. The summed E-state index contributed by atoms with van der Waals surface area (Å²) in [6.45, 7) is 10.1. The van der Waals surface area contributed by atoms with Gasteiger partial charge < -0.3 is 4.57 Å². The molecule has 6 heteroatoms. The summed E-state index contributed by atoms with van der Waals surface area (Å²) in [5.74, 6) is -0.901. The normalized spacial score (nSPS) is 15.4. The van der Waals surface area contributed by atoms with Gasteiger partial charge in [0, 0.05) is 17.1 Å². The third-order valence-electron chi connectivity index (χ3n) is 6.30. The van der Waals surface area contributed by atoms with Gasteiger partial charge in [-0.05, 0) is 92.9 Å². The molecule has 3 aromatic rings. The highest BCUT2D eigenvalue weighted by molar-refractivity contribution is 7.80. The molecule has 0 unspecified atom stereocenters. The largest absolute Gasteiger partial charge is 0.318 e. The number of hydrogen-bond donors (Lipinski definition) is 1. The predicted molar refractivity (Wildman–Crippen MR) is 137 cm³/mol. The number of benzene rings is 2. The molecule has 168 valence electrons. The smallest absolute Gasteiger partial charge is 0.270 e. The predicted octanol–water partition coefficient (Wildman–Crippen LogP) is 5.10. The number of thiocarbonyl (C=S) groups is 1. The van der Waals surface area contributed by atoms with Gasteiger partial charge in [-0.3, -0.25) is 19.8 Å². The summed E-state index contributed by atoms with van der Waals surface area (Å²) in [5, 5.41) is 2.78. The zero-order chi connectivity index (χ0) is 23.9. The Hall–Kier alpha value is -3.51. The molecule has 1 aromatic heterocycles. The number of aromatic nitrogens is 1. The minimum atomic E-state index is -0.481. The first kappa shape index (κ1) is 22.7. The number of carbonyl (C=O) groups is 2. The first-order chi connectivity index (χ1) is 15.7. The molecule has 0 aliphatic carbocycles. The summed E-state index contributed by atoms with van der Waals surface area (Å²) in [4.78, 5) is 27.7. The Bertz CT molecular complexity index is 1330. The van der Waals surface area contributed by atoms with E-state index in [1.54, 1.807) is 6.08 Å². The van der Waals surface area contributed by atoms with E-state index >= 15 is 0 Å². The molecular weight excluding hydrogens is 430 g/mol. The molecule has 0 atom stereocenters. The van der Waals surface area contributed by atoms with Crippen LogP contribution in [0.3, 0.4) is 0 Å². The first-order valence-electron chi connectivity index (χ1n) is 11.0. The molecule has 1 N–H and O–H groups in total. The van der Waals surface area contributed by atoms with Crippen molar-refractivity contribution >= 4 is 40.9 Å². The number of nitrogens with one attached hydrogen (secondary N) is 1. The van der Waals surface area contributed by atoms with E-state index in [2.05, 4.69) is 28.9 Å². The van der Waals surface area contributed by atoms with Crippen molar-refractivity contribution < 1.29 is 9.59 Å². The standard InChI is InChI=1S/C27H27N3O2S/c1-6-20-11-7-8-12-24(20)29-17(3)14-21(19(29)5)15-22-25(31)28-27(33)30(26(22)32)23-13-9-10-16(2)18(23)4/h7-15H,6H2,1-5H3,(H,28,31,33)/b22-15+. The molecular formula is C27H27N3O2S. The van der Waals surface area contributed by atoms with Crippen LogP contribution < -0.4 is 10.2 Å². The number of carbonyl (C=O) groups excluding carboxylic acids is 2. The highest BCUT2D eigenvalue weighted by Gasteiger charge is 2.35. The second-order valence-electron chi connectivity index (χ2n) is 8.32. The molecule has 0 saturated carbocycles. The number of rotatable bonds is 4. The molecule has 2 heterocycles. The molecule has 1 aliphatic rings. The molecule has 1 aliphatic heterocycles. The Kier molecular flexibility index (Phi) is 6.04. The maximum absolute atomic E-state index is 13.5. The molecule has 33 heavy (non-hydrogen) atoms. The minimum absolute atomic E-state index is 0.0635. The van der Waals surface area contributed by atoms with Crippen LogP contribution in [-0.4, -0.2) is 21.5 Å². The van der Waals surface area contributed by atoms with Crippen molar-refractivity contribution in [2.75, 3.05) is 4.90 Å². The molecule has 5 nitrogen and oxygen atoms in total. The van der Waals surface area contributed by atoms with Crippen molar-refractivity contribution in [1.29, 1.82) is 0 Å². The lowest BCUT2D eigenvalue weighted by atomic mass is 10.0. The van der Waals surface area contributed by atoms with Crippen LogP contribution in [0, 0.1) is 27.7 Å². The lowest BCUT2D eigenvalue weighted by molar-refractivity contribution is -0.122. The summed E-state index contributed by atoms with van der Waals surface area (Å²) in [7, 11) is 0. The summed E-state index contributed by atoms with van der Waals surface area (Å²) < 4.78 is 2.17. The molecule has 0 spiro atoms. The van der Waals surface area contributed by atoms with Gasteiger partial charge in [-0.25, -0.2) is 0 Å². The van der Waals surface area contributed by atoms with Crippen molar-refractivity contribution in [1.82, 2.24) is 9.88 Å². The van der Waals surface area contributed by atoms with E-state index in [1.165, 1.54) is 10.5 Å². The Balaban J connectivity index is 1.80. The number of anilines is 1. The molecule has 2 aromatic carbocycles. The lowest BCUT2D eigenvalue weighted by Gasteiger charge is -2.30. The number of aryl methyl sites for hydroxylation is 3. The highest BCUT2D eigenvalue weighted by atomic mass is 32.1. The Labute approximate surface area is 199 Å². The van der Waals surface area contributed by atoms with Crippen molar-refractivity contribution in [3.8, 4) is 5.69 Å². The fourth-order valence-corrected chi connectivity index (χ4v) is 4.62. The molecule has 0 radical (unpaired) electrons. The molecule has 4 rings (SSSR count). The van der Waals surface area contributed by atoms with E-state index in [4.69, 9.17) is 12.2 Å². The topological polar surface area (TPSA) is 54.3 Å². The van der Waals surface area contributed by atoms with Crippen LogP contribution in [0.5, 0.6) is 0 Å². The van der Waals surface area contributed by atoms with Crippen LogP contribution >= 0.6 is 12.2 Å². The Morgan fingerprint density at radius 3 is 2.39 bits per heavy atom. The average Bonchev–Trinajstić information content (AvgIpc) is 3.06. The van der Waals surface area contributed by atoms with E-state index in [0.29, 0.717) is 5.69 Å². The van der Waals surface area contributed by atoms with Gasteiger partial charge in [0.15, 0.2) is 5.11 Å². The minimum Gasteiger partial charge on any atom is -0.318 e. The fraction of sp³-hybridized carbons (Fsp3) is 0.222. The highest BCUT2D eigenvalue weighted by Crippen LogP contribution is 2.29. The van der Waals surface area contributed by atoms with Gasteiger partial charge in [0.2, 0.25) is 0 Å². The van der Waals surface area contributed by atoms with Crippen LogP contribution in [0.2, 0.25) is 0 Å². The van der Waals surface area contributed by atoms with Gasteiger partial charge in [-0.2, -0.15) is 0 Å². The number of para-hydroxylation sites is 1. The van der Waals surface area contributed by atoms with E-state index in [-0.39, 0.29) is 10.7 Å². The van der Waals surface area contributed by atoms with Gasteiger partial charge in [0.1, 0.15) is 5.57 Å². The van der Waals surface area contributed by atoms with Gasteiger partial charge >= 0.3 is 0 Å². The van der Waals surface area contributed by atoms with Gasteiger partial charge in [-0.1, -0.05) is 37.3 Å². The summed E-state index contributed by atoms with van der Waals surface area (Å²) in [5.41, 5.74) is 7.89. The molecule has 1 fully saturated rings. The monoisotopic (exact) mass is 457 g/mol. The van der Waals surface area contributed by atoms with Crippen LogP contribution in [-0.2, 0) is 16.0 Å². The Morgan fingerprint density at radius 1 is 0.970 bits per heavy atom. The van der Waals surface area contributed by atoms with Gasteiger partial charge in [-0.15, -0.1) is 0 Å². The van der Waals surface area contributed by atoms with E-state index in [9.17, 15) is 9.59 Å². The van der Waals surface area contributed by atoms with E-state index < -0.39 is 11.8 Å². The maximum atomic E-state index is 13.5. The summed E-state index contributed by atoms with van der Waals surface area (Å²) in [6.07, 6.45) is 2.58. The second-order valence-corrected chi connectivity index (χ2v) is 8.71. The first-order valence-corrected chi connectivity index (χ1v) is 11.4. The fourth-order valence-electron chi connectivity index (χ4n) is 4.34. The van der Waals surface area contributed by atoms with E-state index in [1.807, 2.05) is 64.1 Å². The van der Waals surface area contributed by atoms with Gasteiger partial charge in [0.05, 0.1) is 5.69 Å². The quantitative estimate of drug-likeness (QED) is 0.337. The molecule has 1 saturated heterocycles. The van der Waals surface area contributed by atoms with Crippen molar-refractivity contribution in [3.63, 3.8) is 0 Å². The van der Waals surface area contributed by atoms with Crippen LogP contribution in [0.15, 0.2) is 54.1 Å². The lowest BCUT2D eigenvalue weighted by Crippen LogP contribution is -2.54. The maximum Gasteiger partial charge on any atom is 0.270 e. The zero-order valence-electron chi connectivity index (χ0n) is 19.5. The summed E-state index contributed by atoms with van der Waals surface area (Å²) in [6, 6.07) is 16.0. The Morgan fingerprint density at radius 2 is 1.67 bits per heavy atom. The third-order valence-corrected chi connectivity index (χ3v) is 6.59. The van der Waals surface area contributed by atoms with E-state index in [0.717, 1.165) is 40.2 Å². The molecule has 2 amide bonds. The number of hydrogen-bond acceptors (Lipinski definition) is 3. The average molecular weight is 458 g/mol. The van der Waals surface area contributed by atoms with Crippen molar-refractivity contribution in [2.45, 2.75) is 41.0 Å². The van der Waals surface area contributed by atoms with Crippen LogP contribution in [0.1, 0.15) is 40.6 Å². The number of amides is 2. The molecule has 0 bridgehead atoms. The number of nitrogens with zero attached hydrogens (tertiary/aromatic N) is 2. The van der Waals surface area contributed by atoms with Crippen LogP contribution in [0.4, 0.5) is 5.69 Å². The second kappa shape index (κ2) is 8.79. The van der Waals surface area contributed by atoms with Gasteiger partial charge in [0.25, 0.3) is 11.8 Å².